The SMILES string of the molecule is CC(O)C(NC(=O)Nc1cccc(I)c1)C(=O)O. The summed E-state index contributed by atoms with van der Waals surface area (Å²) in [6.07, 6.45) is -1.18. The normalized spacial score (nSPS) is 13.5. The smallest absolute Gasteiger partial charge is 0.328 e. The molecule has 2 amide bonds. The van der Waals surface area contributed by atoms with Crippen LogP contribution in [-0.2, 0) is 4.79 Å². The Morgan fingerprint density at radius 3 is 2.56 bits per heavy atom. The molecule has 1 aromatic rings. The van der Waals surface area contributed by atoms with Crippen LogP contribution in [0, 0.1) is 3.57 Å². The Balaban J connectivity index is 2.63. The number of hydrogen-bond acceptors (Lipinski definition) is 3. The van der Waals surface area contributed by atoms with Crippen LogP contribution in [-0.4, -0.2) is 34.4 Å². The van der Waals surface area contributed by atoms with Crippen LogP contribution in [0.2, 0.25) is 0 Å². The second-order valence-electron chi connectivity index (χ2n) is 3.67. The first-order valence-corrected chi connectivity index (χ1v) is 6.22. The van der Waals surface area contributed by atoms with Gasteiger partial charge in [0.2, 0.25) is 0 Å². The number of aliphatic hydroxyl groups excluding tert-OH is 1. The van der Waals surface area contributed by atoms with Crippen molar-refractivity contribution in [2.75, 3.05) is 5.32 Å². The van der Waals surface area contributed by atoms with Crippen molar-refractivity contribution in [2.45, 2.75) is 19.1 Å². The van der Waals surface area contributed by atoms with Crippen molar-refractivity contribution >= 4 is 40.3 Å². The first-order valence-electron chi connectivity index (χ1n) is 5.14. The predicted molar refractivity (Wildman–Crippen MR) is 74.4 cm³/mol. The van der Waals surface area contributed by atoms with Crippen molar-refractivity contribution in [3.63, 3.8) is 0 Å². The highest BCUT2D eigenvalue weighted by molar-refractivity contribution is 14.1. The minimum absolute atomic E-state index is 0.550. The highest BCUT2D eigenvalue weighted by Crippen LogP contribution is 2.12. The van der Waals surface area contributed by atoms with Gasteiger partial charge >= 0.3 is 12.0 Å². The number of anilines is 1. The molecule has 1 aromatic carbocycles. The quantitative estimate of drug-likeness (QED) is 0.605. The van der Waals surface area contributed by atoms with Gasteiger partial charge in [-0.2, -0.15) is 0 Å². The summed E-state index contributed by atoms with van der Waals surface area (Å²) in [5, 5.41) is 22.7. The third kappa shape index (κ3) is 4.49. The number of urea groups is 1. The van der Waals surface area contributed by atoms with Gasteiger partial charge in [0.25, 0.3) is 0 Å². The van der Waals surface area contributed by atoms with E-state index in [1.807, 2.05) is 6.07 Å². The summed E-state index contributed by atoms with van der Waals surface area (Å²) < 4.78 is 0.940. The Labute approximate surface area is 118 Å². The fourth-order valence-corrected chi connectivity index (χ4v) is 1.81. The van der Waals surface area contributed by atoms with E-state index in [0.717, 1.165) is 3.57 Å². The Morgan fingerprint density at radius 1 is 1.39 bits per heavy atom. The van der Waals surface area contributed by atoms with Gasteiger partial charge in [0, 0.05) is 9.26 Å². The summed E-state index contributed by atoms with van der Waals surface area (Å²) in [6, 6.07) is 5.02. The molecule has 0 spiro atoms. The Hall–Kier alpha value is -1.35. The number of rotatable bonds is 4. The molecular weight excluding hydrogens is 351 g/mol. The highest BCUT2D eigenvalue weighted by Gasteiger charge is 2.24. The summed E-state index contributed by atoms with van der Waals surface area (Å²) in [5.41, 5.74) is 0.550. The molecule has 0 radical (unpaired) electrons. The lowest BCUT2D eigenvalue weighted by Gasteiger charge is -2.17. The molecule has 0 fully saturated rings. The second kappa shape index (κ2) is 6.55. The number of halogens is 1. The maximum atomic E-state index is 11.5. The van der Waals surface area contributed by atoms with E-state index >= 15 is 0 Å². The summed E-state index contributed by atoms with van der Waals surface area (Å²) in [6.45, 7) is 1.30. The van der Waals surface area contributed by atoms with Crippen molar-refractivity contribution in [1.82, 2.24) is 5.32 Å². The van der Waals surface area contributed by atoms with Crippen LogP contribution in [0.3, 0.4) is 0 Å². The standard InChI is InChI=1S/C11H13IN2O4/c1-6(15)9(10(16)17)14-11(18)13-8-4-2-3-7(12)5-8/h2-6,9,15H,1H3,(H,16,17)(H2,13,14,18). The van der Waals surface area contributed by atoms with E-state index in [4.69, 9.17) is 5.11 Å². The number of carbonyl (C=O) groups is 2. The van der Waals surface area contributed by atoms with Crippen molar-refractivity contribution < 1.29 is 19.8 Å². The van der Waals surface area contributed by atoms with Gasteiger partial charge < -0.3 is 20.8 Å². The molecule has 0 aliphatic heterocycles. The summed E-state index contributed by atoms with van der Waals surface area (Å²) in [4.78, 5) is 22.3. The van der Waals surface area contributed by atoms with Gasteiger partial charge in [-0.1, -0.05) is 6.07 Å². The molecule has 1 rings (SSSR count). The highest BCUT2D eigenvalue weighted by atomic mass is 127. The van der Waals surface area contributed by atoms with Crippen molar-refractivity contribution in [3.05, 3.63) is 27.8 Å². The van der Waals surface area contributed by atoms with Crippen molar-refractivity contribution in [1.29, 1.82) is 0 Å². The Morgan fingerprint density at radius 2 is 2.06 bits per heavy atom. The van der Waals surface area contributed by atoms with Crippen molar-refractivity contribution in [2.24, 2.45) is 0 Å². The Kier molecular flexibility index (Phi) is 5.35. The lowest BCUT2D eigenvalue weighted by Crippen LogP contribution is -2.49. The van der Waals surface area contributed by atoms with Gasteiger partial charge in [-0.3, -0.25) is 0 Å². The van der Waals surface area contributed by atoms with Crippen LogP contribution in [0.15, 0.2) is 24.3 Å². The molecule has 98 valence electrons. The van der Waals surface area contributed by atoms with Crippen LogP contribution in [0.4, 0.5) is 10.5 Å². The largest absolute Gasteiger partial charge is 0.480 e. The number of aliphatic hydroxyl groups is 1. The number of carboxylic acids is 1. The summed E-state index contributed by atoms with van der Waals surface area (Å²) in [7, 11) is 0. The van der Waals surface area contributed by atoms with E-state index in [1.54, 1.807) is 18.2 Å². The second-order valence-corrected chi connectivity index (χ2v) is 4.91. The molecule has 0 aromatic heterocycles. The minimum Gasteiger partial charge on any atom is -0.480 e. The summed E-state index contributed by atoms with van der Waals surface area (Å²) >= 11 is 2.09. The maximum Gasteiger partial charge on any atom is 0.328 e. The number of amides is 2. The van der Waals surface area contributed by atoms with Gasteiger partial charge in [0.15, 0.2) is 6.04 Å². The van der Waals surface area contributed by atoms with Gasteiger partial charge in [-0.25, -0.2) is 9.59 Å². The molecule has 4 N–H and O–H groups in total. The molecule has 0 aliphatic rings. The number of carboxylic acid groups (broad SMARTS) is 1. The molecule has 7 heteroatoms. The van der Waals surface area contributed by atoms with E-state index in [0.29, 0.717) is 5.69 Å². The molecule has 2 unspecified atom stereocenters. The lowest BCUT2D eigenvalue weighted by atomic mass is 10.2. The molecular formula is C11H13IN2O4. The number of nitrogens with one attached hydrogen (secondary N) is 2. The molecule has 0 saturated carbocycles. The van der Waals surface area contributed by atoms with E-state index in [2.05, 4.69) is 33.2 Å². The first kappa shape index (κ1) is 14.7. The fourth-order valence-electron chi connectivity index (χ4n) is 1.26. The average molecular weight is 364 g/mol. The van der Waals surface area contributed by atoms with Crippen molar-refractivity contribution in [3.8, 4) is 0 Å². The molecule has 18 heavy (non-hydrogen) atoms. The summed E-state index contributed by atoms with van der Waals surface area (Å²) in [5.74, 6) is -1.29. The van der Waals surface area contributed by atoms with Crippen LogP contribution in [0.25, 0.3) is 0 Å². The molecule has 0 bridgehead atoms. The van der Waals surface area contributed by atoms with Gasteiger partial charge in [0.1, 0.15) is 0 Å². The number of carbonyl (C=O) groups excluding carboxylic acids is 1. The van der Waals surface area contributed by atoms with E-state index in [9.17, 15) is 14.7 Å². The predicted octanol–water partition coefficient (Wildman–Crippen LogP) is 1.25. The van der Waals surface area contributed by atoms with E-state index in [1.165, 1.54) is 6.92 Å². The molecule has 2 atom stereocenters. The molecule has 0 heterocycles. The Bertz CT molecular complexity index is 450. The van der Waals surface area contributed by atoms with Crippen LogP contribution in [0.5, 0.6) is 0 Å². The topological polar surface area (TPSA) is 98.7 Å². The number of aliphatic carboxylic acids is 1. The minimum atomic E-state index is -1.34. The van der Waals surface area contributed by atoms with E-state index < -0.39 is 24.1 Å². The zero-order valence-corrected chi connectivity index (χ0v) is 11.7. The maximum absolute atomic E-state index is 11.5. The van der Waals surface area contributed by atoms with Gasteiger partial charge in [-0.05, 0) is 47.7 Å². The van der Waals surface area contributed by atoms with Gasteiger partial charge in [-0.15, -0.1) is 0 Å². The molecule has 6 nitrogen and oxygen atoms in total. The third-order valence-corrected chi connectivity index (χ3v) is 2.79. The lowest BCUT2D eigenvalue weighted by molar-refractivity contribution is -0.141. The van der Waals surface area contributed by atoms with E-state index in [-0.39, 0.29) is 0 Å². The first-order chi connectivity index (χ1) is 8.40. The number of benzene rings is 1. The molecule has 0 aliphatic carbocycles. The van der Waals surface area contributed by atoms with Crippen LogP contribution < -0.4 is 10.6 Å². The molecule has 0 saturated heterocycles. The third-order valence-electron chi connectivity index (χ3n) is 2.12. The monoisotopic (exact) mass is 364 g/mol. The zero-order chi connectivity index (χ0) is 13.7. The van der Waals surface area contributed by atoms with Crippen LogP contribution in [0.1, 0.15) is 6.92 Å². The van der Waals surface area contributed by atoms with Crippen LogP contribution >= 0.6 is 22.6 Å². The fraction of sp³-hybridized carbons (Fsp3) is 0.273. The number of hydrogen-bond donors (Lipinski definition) is 4. The van der Waals surface area contributed by atoms with Gasteiger partial charge in [0.05, 0.1) is 6.10 Å². The zero-order valence-electron chi connectivity index (χ0n) is 9.55. The average Bonchev–Trinajstić information content (AvgIpc) is 2.25.